The third-order valence-electron chi connectivity index (χ3n) is 11.3. The average Bonchev–Trinajstić information content (AvgIpc) is 4.06. The largest absolute Gasteiger partial charge is 0.508 e. The van der Waals surface area contributed by atoms with Gasteiger partial charge in [0.1, 0.15) is 41.8 Å². The summed E-state index contributed by atoms with van der Waals surface area (Å²) in [5.74, 6) is 0.955. The minimum absolute atomic E-state index is 0.0807. The van der Waals surface area contributed by atoms with E-state index in [2.05, 4.69) is 10.6 Å². The van der Waals surface area contributed by atoms with Crippen LogP contribution in [0.15, 0.2) is 128 Å². The molecule has 1 aliphatic rings. The van der Waals surface area contributed by atoms with E-state index in [0.29, 0.717) is 61.4 Å². The maximum Gasteiger partial charge on any atom is 0.246 e. The Kier molecular flexibility index (Phi) is 13.5. The fourth-order valence-corrected chi connectivity index (χ4v) is 9.09. The Hall–Kier alpha value is -6.70. The zero-order valence-electron chi connectivity index (χ0n) is 36.2. The van der Waals surface area contributed by atoms with Crippen molar-refractivity contribution in [1.82, 2.24) is 25.3 Å². The van der Waals surface area contributed by atoms with Gasteiger partial charge in [-0.1, -0.05) is 80.9 Å². The summed E-state index contributed by atoms with van der Waals surface area (Å²) in [6.45, 7) is 7.37. The molecular formula is C51H49ClFN5O6S. The van der Waals surface area contributed by atoms with E-state index in [0.717, 1.165) is 42.9 Å². The lowest BCUT2D eigenvalue weighted by molar-refractivity contribution is -0.143. The number of phenols is 1. The number of halogens is 2. The summed E-state index contributed by atoms with van der Waals surface area (Å²) in [6, 6.07) is 34.0. The number of nitrogens with zero attached hydrogens (tertiary/aromatic N) is 3. The maximum atomic E-state index is 14.0. The molecule has 0 unspecified atom stereocenters. The van der Waals surface area contributed by atoms with E-state index < -0.39 is 17.5 Å². The van der Waals surface area contributed by atoms with E-state index in [-0.39, 0.29) is 35.7 Å². The van der Waals surface area contributed by atoms with Gasteiger partial charge in [-0.25, -0.2) is 4.39 Å². The molecule has 0 saturated carbocycles. The number of thiophene rings is 1. The van der Waals surface area contributed by atoms with Crippen LogP contribution in [0, 0.1) is 11.2 Å². The number of rotatable bonds is 15. The number of fused-ring (bicyclic) bond motifs is 1. The molecule has 1 saturated heterocycles. The van der Waals surface area contributed by atoms with Crippen LogP contribution >= 0.6 is 22.9 Å². The molecule has 3 N–H and O–H groups in total. The first kappa shape index (κ1) is 44.9. The second-order valence-electron chi connectivity index (χ2n) is 17.1. The van der Waals surface area contributed by atoms with Crippen molar-refractivity contribution >= 4 is 50.7 Å². The number of phenolic OH excluding ortho intramolecular Hbond substituents is 1. The standard InChI is InChI=1S/C51H49ClFN5O6S/c1-51(2,3)48(50(62)58-25-4-5-43(58)49(61)54-31-33-8-14-36(52)15-9-33)55-45(60)29-32-6-10-34(11-7-32)42-24-26-57(56-42)27-28-63-39-19-21-40(22-20-39)64-46-41-23-18-38(59)30-44(41)65-47(46)35-12-16-37(53)17-13-35/h6-24,26,30,43,48,59H,4-5,25,27-29,31H2,1-3H3,(H,54,61)(H,55,60)/t43-,48+/m0/s1. The van der Waals surface area contributed by atoms with Gasteiger partial charge in [-0.15, -0.1) is 11.3 Å². The summed E-state index contributed by atoms with van der Waals surface area (Å²) in [7, 11) is 0. The van der Waals surface area contributed by atoms with Gasteiger partial charge in [0, 0.05) is 40.0 Å². The van der Waals surface area contributed by atoms with Crippen LogP contribution in [0.2, 0.25) is 5.02 Å². The molecule has 7 aromatic rings. The monoisotopic (exact) mass is 913 g/mol. The highest BCUT2D eigenvalue weighted by Crippen LogP contribution is 2.47. The molecule has 11 nitrogen and oxygen atoms in total. The number of likely N-dealkylation sites (tertiary alicyclic amines) is 1. The Morgan fingerprint density at radius 2 is 1.58 bits per heavy atom. The SMILES string of the molecule is CC(C)(C)[C@H](NC(=O)Cc1ccc(-c2ccn(CCOc3ccc(Oc4c(-c5ccc(F)cc5)sc5cc(O)ccc45)cc3)n2)cc1)C(=O)N1CCC[C@H]1C(=O)NCc1ccc(Cl)cc1. The van der Waals surface area contributed by atoms with E-state index in [9.17, 15) is 23.9 Å². The molecule has 65 heavy (non-hydrogen) atoms. The van der Waals surface area contributed by atoms with Crippen molar-refractivity contribution in [1.29, 1.82) is 0 Å². The molecule has 2 aromatic heterocycles. The van der Waals surface area contributed by atoms with Gasteiger partial charge in [-0.2, -0.15) is 5.10 Å². The molecule has 3 amide bonds. The number of carbonyl (C=O) groups excluding carboxylic acids is 3. The molecule has 1 fully saturated rings. The van der Waals surface area contributed by atoms with Crippen LogP contribution in [0.4, 0.5) is 4.39 Å². The molecule has 0 spiro atoms. The Labute approximate surface area is 385 Å². The van der Waals surface area contributed by atoms with Crippen LogP contribution in [-0.2, 0) is 33.9 Å². The van der Waals surface area contributed by atoms with Gasteiger partial charge in [-0.3, -0.25) is 19.1 Å². The topological polar surface area (TPSA) is 135 Å². The first-order chi connectivity index (χ1) is 31.3. The lowest BCUT2D eigenvalue weighted by atomic mass is 9.85. The van der Waals surface area contributed by atoms with Gasteiger partial charge in [0.05, 0.1) is 23.5 Å². The summed E-state index contributed by atoms with van der Waals surface area (Å²) >= 11 is 7.46. The molecule has 1 aliphatic heterocycles. The number of benzene rings is 5. The first-order valence-electron chi connectivity index (χ1n) is 21.4. The van der Waals surface area contributed by atoms with E-state index in [1.165, 1.54) is 23.5 Å². The minimum Gasteiger partial charge on any atom is -0.508 e. The number of hydrogen-bond donors (Lipinski definition) is 3. The van der Waals surface area contributed by atoms with Gasteiger partial charge in [0.25, 0.3) is 0 Å². The smallest absolute Gasteiger partial charge is 0.246 e. The third-order valence-corrected chi connectivity index (χ3v) is 12.7. The quantitative estimate of drug-likeness (QED) is 0.0932. The molecule has 0 aliphatic carbocycles. The zero-order chi connectivity index (χ0) is 45.7. The number of ether oxygens (including phenoxy) is 2. The summed E-state index contributed by atoms with van der Waals surface area (Å²) in [5.41, 5.74) is 3.57. The molecule has 3 heterocycles. The summed E-state index contributed by atoms with van der Waals surface area (Å²) in [6.07, 6.45) is 3.23. The Balaban J connectivity index is 0.822. The second kappa shape index (κ2) is 19.6. The highest BCUT2D eigenvalue weighted by molar-refractivity contribution is 7.22. The molecule has 8 rings (SSSR count). The van der Waals surface area contributed by atoms with Crippen LogP contribution in [0.1, 0.15) is 44.7 Å². The van der Waals surface area contributed by atoms with Gasteiger partial charge in [0.15, 0.2) is 5.75 Å². The predicted molar refractivity (Wildman–Crippen MR) is 252 cm³/mol. The van der Waals surface area contributed by atoms with E-state index in [1.54, 1.807) is 41.3 Å². The average molecular weight is 914 g/mol. The Morgan fingerprint density at radius 3 is 2.31 bits per heavy atom. The van der Waals surface area contributed by atoms with Crippen LogP contribution in [0.5, 0.6) is 23.0 Å². The van der Waals surface area contributed by atoms with Crippen molar-refractivity contribution in [3.8, 4) is 44.7 Å². The van der Waals surface area contributed by atoms with Gasteiger partial charge in [0.2, 0.25) is 17.7 Å². The number of amides is 3. The van der Waals surface area contributed by atoms with E-state index >= 15 is 0 Å². The minimum atomic E-state index is -0.820. The summed E-state index contributed by atoms with van der Waals surface area (Å²) in [5, 5.41) is 22.2. The van der Waals surface area contributed by atoms with Crippen LogP contribution in [-0.4, -0.2) is 62.7 Å². The predicted octanol–water partition coefficient (Wildman–Crippen LogP) is 10.2. The van der Waals surface area contributed by atoms with Gasteiger partial charge >= 0.3 is 0 Å². The van der Waals surface area contributed by atoms with E-state index in [4.69, 9.17) is 26.2 Å². The third kappa shape index (κ3) is 11.0. The van der Waals surface area contributed by atoms with Crippen molar-refractivity contribution < 1.29 is 33.4 Å². The number of aromatic nitrogens is 2. The van der Waals surface area contributed by atoms with Crippen LogP contribution in [0.3, 0.4) is 0 Å². The summed E-state index contributed by atoms with van der Waals surface area (Å²) in [4.78, 5) is 43.1. The van der Waals surface area contributed by atoms with Crippen molar-refractivity contribution in [2.75, 3.05) is 13.2 Å². The fraction of sp³-hybridized carbons (Fsp3) is 0.255. The van der Waals surface area contributed by atoms with Crippen LogP contribution < -0.4 is 20.1 Å². The Morgan fingerprint density at radius 1 is 0.892 bits per heavy atom. The molecular weight excluding hydrogens is 865 g/mol. The summed E-state index contributed by atoms with van der Waals surface area (Å²) < 4.78 is 28.8. The van der Waals surface area contributed by atoms with Crippen molar-refractivity contribution in [2.24, 2.45) is 5.41 Å². The molecule has 5 aromatic carbocycles. The number of hydrogen-bond acceptors (Lipinski definition) is 8. The maximum absolute atomic E-state index is 14.0. The molecule has 0 bridgehead atoms. The second-order valence-corrected chi connectivity index (χ2v) is 18.6. The highest BCUT2D eigenvalue weighted by Gasteiger charge is 2.41. The van der Waals surface area contributed by atoms with Gasteiger partial charge in [-0.05, 0) is 108 Å². The molecule has 14 heteroatoms. The molecule has 0 radical (unpaired) electrons. The zero-order valence-corrected chi connectivity index (χ0v) is 37.8. The highest BCUT2D eigenvalue weighted by atomic mass is 35.5. The van der Waals surface area contributed by atoms with Crippen molar-refractivity contribution in [3.63, 3.8) is 0 Å². The molecule has 334 valence electrons. The fourth-order valence-electron chi connectivity index (χ4n) is 7.79. The van der Waals surface area contributed by atoms with Gasteiger partial charge < -0.3 is 30.1 Å². The normalized spacial score (nSPS) is 14.3. The lowest BCUT2D eigenvalue weighted by Gasteiger charge is -2.35. The number of nitrogens with one attached hydrogen (secondary N) is 2. The first-order valence-corrected chi connectivity index (χ1v) is 22.6. The number of carbonyl (C=O) groups is 3. The van der Waals surface area contributed by atoms with Crippen molar-refractivity contribution in [3.05, 3.63) is 149 Å². The Bertz CT molecular complexity index is 2790. The lowest BCUT2D eigenvalue weighted by Crippen LogP contribution is -2.57. The van der Waals surface area contributed by atoms with Crippen molar-refractivity contribution in [2.45, 2.75) is 65.2 Å². The number of aromatic hydroxyl groups is 1. The van der Waals surface area contributed by atoms with Crippen LogP contribution in [0.25, 0.3) is 31.8 Å². The molecule has 2 atom stereocenters. The van der Waals surface area contributed by atoms with E-state index in [1.807, 2.05) is 104 Å².